The number of hydrogen-bond acceptors (Lipinski definition) is 4. The first-order valence-electron chi connectivity index (χ1n) is 6.70. The fraction of sp³-hybridized carbons (Fsp3) is 0.0625. The second-order valence-corrected chi connectivity index (χ2v) is 5.89. The largest absolute Gasteiger partial charge is 0.478 e. The molecule has 1 fully saturated rings. The van der Waals surface area contributed by atoms with Crippen molar-refractivity contribution in [2.24, 2.45) is 0 Å². The Bertz CT molecular complexity index is 853. The number of carbonyl (C=O) groups excluding carboxylic acids is 2. The standard InChI is InChI=1S/C16H12N2O4S/c1-17-14(19)13(23-16(17)22)9-12-6-3-7-18(12)11-5-2-4-10(8-11)15(20)21/h2-9H,1H3,(H,20,21)/b13-9-. The Morgan fingerprint density at radius 1 is 1.22 bits per heavy atom. The second-order valence-electron chi connectivity index (χ2n) is 4.90. The topological polar surface area (TPSA) is 79.6 Å². The number of carboxylic acids is 1. The van der Waals surface area contributed by atoms with Crippen LogP contribution < -0.4 is 0 Å². The van der Waals surface area contributed by atoms with Crippen molar-refractivity contribution in [2.45, 2.75) is 0 Å². The first-order valence-corrected chi connectivity index (χ1v) is 7.51. The molecule has 1 saturated heterocycles. The average Bonchev–Trinajstić information content (AvgIpc) is 3.09. The van der Waals surface area contributed by atoms with Crippen LogP contribution in [0.4, 0.5) is 4.79 Å². The van der Waals surface area contributed by atoms with Crippen LogP contribution in [-0.4, -0.2) is 38.7 Å². The molecule has 1 N–H and O–H groups in total. The van der Waals surface area contributed by atoms with Crippen LogP contribution in [-0.2, 0) is 4.79 Å². The number of rotatable bonds is 3. The maximum absolute atomic E-state index is 12.0. The molecule has 1 aliphatic heterocycles. The lowest BCUT2D eigenvalue weighted by atomic mass is 10.2. The SMILES string of the molecule is CN1C(=O)S/C(=C\c2cccn2-c2cccc(C(=O)O)c2)C1=O. The zero-order valence-corrected chi connectivity index (χ0v) is 12.9. The molecule has 2 amide bonds. The third-order valence-corrected chi connectivity index (χ3v) is 4.38. The fourth-order valence-electron chi connectivity index (χ4n) is 2.22. The van der Waals surface area contributed by atoms with Crippen LogP contribution in [0, 0.1) is 0 Å². The number of likely N-dealkylation sites (N-methyl/N-ethyl adjacent to an activating group) is 1. The van der Waals surface area contributed by atoms with Gasteiger partial charge in [-0.25, -0.2) is 4.79 Å². The van der Waals surface area contributed by atoms with Crippen molar-refractivity contribution in [1.29, 1.82) is 0 Å². The zero-order chi connectivity index (χ0) is 16.6. The van der Waals surface area contributed by atoms with Crippen molar-refractivity contribution in [3.05, 3.63) is 58.8 Å². The summed E-state index contributed by atoms with van der Waals surface area (Å²) in [7, 11) is 1.44. The number of aromatic nitrogens is 1. The van der Waals surface area contributed by atoms with Gasteiger partial charge in [0.1, 0.15) is 0 Å². The van der Waals surface area contributed by atoms with Crippen LogP contribution in [0.1, 0.15) is 16.1 Å². The quantitative estimate of drug-likeness (QED) is 0.877. The van der Waals surface area contributed by atoms with Gasteiger partial charge in [0.2, 0.25) is 0 Å². The van der Waals surface area contributed by atoms with Gasteiger partial charge in [0.15, 0.2) is 0 Å². The Hall–Kier alpha value is -2.80. The van der Waals surface area contributed by atoms with E-state index in [2.05, 4.69) is 0 Å². The van der Waals surface area contributed by atoms with Gasteiger partial charge in [-0.15, -0.1) is 0 Å². The summed E-state index contributed by atoms with van der Waals surface area (Å²) in [6.07, 6.45) is 3.39. The highest BCUT2D eigenvalue weighted by Crippen LogP contribution is 2.31. The van der Waals surface area contributed by atoms with Crippen molar-refractivity contribution < 1.29 is 19.5 Å². The van der Waals surface area contributed by atoms with E-state index >= 15 is 0 Å². The van der Waals surface area contributed by atoms with E-state index in [-0.39, 0.29) is 16.7 Å². The number of amides is 2. The van der Waals surface area contributed by atoms with Crippen LogP contribution in [0.15, 0.2) is 47.5 Å². The predicted molar refractivity (Wildman–Crippen MR) is 86.5 cm³/mol. The molecular weight excluding hydrogens is 316 g/mol. The molecular formula is C16H12N2O4S. The van der Waals surface area contributed by atoms with Crippen molar-refractivity contribution in [3.63, 3.8) is 0 Å². The van der Waals surface area contributed by atoms with Gasteiger partial charge in [-0.2, -0.15) is 0 Å². The number of hydrogen-bond donors (Lipinski definition) is 1. The summed E-state index contributed by atoms with van der Waals surface area (Å²) in [5.41, 5.74) is 1.53. The molecule has 1 aromatic heterocycles. The van der Waals surface area contributed by atoms with Gasteiger partial charge < -0.3 is 9.67 Å². The summed E-state index contributed by atoms with van der Waals surface area (Å²) >= 11 is 0.883. The van der Waals surface area contributed by atoms with E-state index in [1.807, 2.05) is 0 Å². The molecule has 3 rings (SSSR count). The van der Waals surface area contributed by atoms with Gasteiger partial charge in [0.05, 0.1) is 10.5 Å². The number of nitrogens with zero attached hydrogens (tertiary/aromatic N) is 2. The minimum atomic E-state index is -1.01. The second kappa shape index (κ2) is 5.77. The summed E-state index contributed by atoms with van der Waals surface area (Å²) in [6.45, 7) is 0. The Kier molecular flexibility index (Phi) is 3.79. The van der Waals surface area contributed by atoms with E-state index < -0.39 is 5.97 Å². The maximum Gasteiger partial charge on any atom is 0.335 e. The molecule has 23 heavy (non-hydrogen) atoms. The zero-order valence-electron chi connectivity index (χ0n) is 12.1. The highest BCUT2D eigenvalue weighted by molar-refractivity contribution is 8.18. The molecule has 0 aliphatic carbocycles. The molecule has 0 saturated carbocycles. The van der Waals surface area contributed by atoms with E-state index in [0.717, 1.165) is 16.7 Å². The third-order valence-electron chi connectivity index (χ3n) is 3.42. The number of benzene rings is 1. The van der Waals surface area contributed by atoms with Gasteiger partial charge in [-0.3, -0.25) is 14.5 Å². The highest BCUT2D eigenvalue weighted by Gasteiger charge is 2.32. The molecule has 2 aromatic rings. The van der Waals surface area contributed by atoms with Crippen LogP contribution >= 0.6 is 11.8 Å². The summed E-state index contributed by atoms with van der Waals surface area (Å²) < 4.78 is 1.76. The average molecular weight is 328 g/mol. The third kappa shape index (κ3) is 2.78. The Balaban J connectivity index is 2.01. The molecule has 6 nitrogen and oxygen atoms in total. The number of carbonyl (C=O) groups is 3. The van der Waals surface area contributed by atoms with Gasteiger partial charge in [0.25, 0.3) is 11.1 Å². The lowest BCUT2D eigenvalue weighted by Gasteiger charge is -2.08. The Morgan fingerprint density at radius 3 is 2.65 bits per heavy atom. The molecule has 0 spiro atoms. The molecule has 0 atom stereocenters. The van der Waals surface area contributed by atoms with Crippen molar-refractivity contribution in [2.75, 3.05) is 7.05 Å². The van der Waals surface area contributed by atoms with E-state index in [4.69, 9.17) is 5.11 Å². The molecule has 1 aliphatic rings. The first kappa shape index (κ1) is 15.1. The van der Waals surface area contributed by atoms with Crippen LogP contribution in [0.5, 0.6) is 0 Å². The van der Waals surface area contributed by atoms with Crippen molar-refractivity contribution in [3.8, 4) is 5.69 Å². The molecule has 0 unspecified atom stereocenters. The predicted octanol–water partition coefficient (Wildman–Crippen LogP) is 2.84. The summed E-state index contributed by atoms with van der Waals surface area (Å²) in [4.78, 5) is 36.0. The summed E-state index contributed by atoms with van der Waals surface area (Å²) in [5, 5.41) is 8.77. The Labute approximate surface area is 136 Å². The van der Waals surface area contributed by atoms with E-state index in [9.17, 15) is 14.4 Å². The van der Waals surface area contributed by atoms with Gasteiger partial charge in [-0.05, 0) is 48.2 Å². The smallest absolute Gasteiger partial charge is 0.335 e. The van der Waals surface area contributed by atoms with E-state index in [1.54, 1.807) is 47.2 Å². The van der Waals surface area contributed by atoms with E-state index in [0.29, 0.717) is 16.3 Å². The van der Waals surface area contributed by atoms with Crippen LogP contribution in [0.3, 0.4) is 0 Å². The molecule has 2 heterocycles. The van der Waals surface area contributed by atoms with Gasteiger partial charge in [-0.1, -0.05) is 6.07 Å². The van der Waals surface area contributed by atoms with Crippen molar-refractivity contribution in [1.82, 2.24) is 9.47 Å². The molecule has 0 radical (unpaired) electrons. The summed E-state index contributed by atoms with van der Waals surface area (Å²) in [6, 6.07) is 10.1. The minimum Gasteiger partial charge on any atom is -0.478 e. The molecule has 1 aromatic carbocycles. The van der Waals surface area contributed by atoms with Crippen molar-refractivity contribution >= 4 is 35.0 Å². The molecule has 0 bridgehead atoms. The lowest BCUT2D eigenvalue weighted by Crippen LogP contribution is -2.22. The van der Waals surface area contributed by atoms with Crippen LogP contribution in [0.25, 0.3) is 11.8 Å². The number of carboxylic acid groups (broad SMARTS) is 1. The van der Waals surface area contributed by atoms with E-state index in [1.165, 1.54) is 13.1 Å². The first-order chi connectivity index (χ1) is 11.0. The fourth-order valence-corrected chi connectivity index (χ4v) is 3.03. The maximum atomic E-state index is 12.0. The molecule has 7 heteroatoms. The summed E-state index contributed by atoms with van der Waals surface area (Å²) in [5.74, 6) is -1.35. The van der Waals surface area contributed by atoms with Gasteiger partial charge in [0, 0.05) is 24.6 Å². The minimum absolute atomic E-state index is 0.177. The number of thioether (sulfide) groups is 1. The number of aromatic carboxylic acids is 1. The van der Waals surface area contributed by atoms with Crippen LogP contribution in [0.2, 0.25) is 0 Å². The Morgan fingerprint density at radius 2 is 2.00 bits per heavy atom. The number of imide groups is 1. The van der Waals surface area contributed by atoms with Gasteiger partial charge >= 0.3 is 5.97 Å². The highest BCUT2D eigenvalue weighted by atomic mass is 32.2. The monoisotopic (exact) mass is 328 g/mol. The molecule has 116 valence electrons. The lowest BCUT2D eigenvalue weighted by molar-refractivity contribution is -0.121. The normalized spacial score (nSPS) is 16.4.